The van der Waals surface area contributed by atoms with Crippen molar-refractivity contribution < 1.29 is 4.99 Å². The van der Waals surface area contributed by atoms with E-state index >= 15 is 0 Å². The summed E-state index contributed by atoms with van der Waals surface area (Å²) in [4.78, 5) is 2.95. The minimum atomic E-state index is 0.794. The van der Waals surface area contributed by atoms with Gasteiger partial charge in [-0.25, -0.2) is 0 Å². The second-order valence-corrected chi connectivity index (χ2v) is 1.95. The molecule has 0 amide bonds. The van der Waals surface area contributed by atoms with E-state index in [4.69, 9.17) is 5.73 Å². The van der Waals surface area contributed by atoms with Crippen LogP contribution in [0.2, 0.25) is 0 Å². The molecule has 42 valence electrons. The van der Waals surface area contributed by atoms with E-state index < -0.39 is 0 Å². The fourth-order valence-corrected chi connectivity index (χ4v) is 0.535. The van der Waals surface area contributed by atoms with Gasteiger partial charge in [0.2, 0.25) is 0 Å². The molecule has 0 rings (SSSR count). The third kappa shape index (κ3) is 3.66. The molecule has 0 spiro atoms. The first-order valence-corrected chi connectivity index (χ1v) is 3.44. The maximum atomic E-state index is 5.35. The normalized spacial score (nSPS) is 12.0. The van der Waals surface area contributed by atoms with Crippen molar-refractivity contribution in [2.45, 2.75) is 6.92 Å². The molecule has 0 aromatic rings. The van der Waals surface area contributed by atoms with Gasteiger partial charge in [-0.05, 0) is 24.9 Å². The summed E-state index contributed by atoms with van der Waals surface area (Å²) in [5.41, 5.74) is 5.35. The lowest BCUT2D eigenvalue weighted by molar-refractivity contribution is -0.450. The minimum absolute atomic E-state index is 0.794. The first kappa shape index (κ1) is 6.82. The summed E-state index contributed by atoms with van der Waals surface area (Å²) in [6, 6.07) is 0. The number of thioether (sulfide) groups is 1. The average Bonchev–Trinajstić information content (AvgIpc) is 1.68. The van der Waals surface area contributed by atoms with Crippen LogP contribution in [0.5, 0.6) is 0 Å². The first-order chi connectivity index (χ1) is 3.31. The zero-order valence-electron chi connectivity index (χ0n) is 4.69. The van der Waals surface area contributed by atoms with E-state index in [0.29, 0.717) is 0 Å². The first-order valence-electron chi connectivity index (χ1n) is 2.21. The number of nitrogens with two attached hydrogens (primary N) is 1. The van der Waals surface area contributed by atoms with Crippen LogP contribution in [0.4, 0.5) is 0 Å². The Morgan fingerprint density at radius 1 is 1.86 bits per heavy atom. The standard InChI is InChI=1S/C4H10N2S/c1-3-6-4(5)7-2/h3H2,1-2H3,(H2,5,6)/p+1. The Morgan fingerprint density at radius 2 is 2.43 bits per heavy atom. The van der Waals surface area contributed by atoms with Gasteiger partial charge in [0.15, 0.2) is 0 Å². The highest BCUT2D eigenvalue weighted by atomic mass is 32.2. The molecule has 0 radical (unpaired) electrons. The SMILES string of the molecule is CC[NH+]=C(N)SC. The summed E-state index contributed by atoms with van der Waals surface area (Å²) < 4.78 is 0. The van der Waals surface area contributed by atoms with E-state index in [1.54, 1.807) is 0 Å². The lowest BCUT2D eigenvalue weighted by atomic mass is 10.8. The lowest BCUT2D eigenvalue weighted by Crippen LogP contribution is -2.73. The summed E-state index contributed by atoms with van der Waals surface area (Å²) in [5.74, 6) is 0. The van der Waals surface area contributed by atoms with Gasteiger partial charge in [0.1, 0.15) is 0 Å². The fourth-order valence-electron chi connectivity index (χ4n) is 0.246. The topological polar surface area (TPSA) is 40.0 Å². The highest BCUT2D eigenvalue weighted by molar-refractivity contribution is 8.12. The molecule has 0 aliphatic heterocycles. The van der Waals surface area contributed by atoms with Crippen molar-refractivity contribution in [1.82, 2.24) is 0 Å². The van der Waals surface area contributed by atoms with Crippen molar-refractivity contribution in [3.8, 4) is 0 Å². The minimum Gasteiger partial charge on any atom is -0.282 e. The Morgan fingerprint density at radius 3 is 2.57 bits per heavy atom. The molecule has 0 unspecified atom stereocenters. The van der Waals surface area contributed by atoms with Crippen molar-refractivity contribution in [2.75, 3.05) is 12.8 Å². The van der Waals surface area contributed by atoms with Gasteiger partial charge in [0, 0.05) is 0 Å². The van der Waals surface area contributed by atoms with Crippen LogP contribution in [0.15, 0.2) is 0 Å². The maximum Gasteiger partial charge on any atom is 0.301 e. The van der Waals surface area contributed by atoms with Crippen LogP contribution in [0.1, 0.15) is 6.92 Å². The lowest BCUT2D eigenvalue weighted by Gasteiger charge is -1.81. The third-order valence-corrected chi connectivity index (χ3v) is 1.16. The summed E-state index contributed by atoms with van der Waals surface area (Å²) in [5, 5.41) is 0.794. The Bertz CT molecular complexity index is 70.1. The molecule has 0 atom stereocenters. The van der Waals surface area contributed by atoms with E-state index in [9.17, 15) is 0 Å². The number of hydrogen-bond acceptors (Lipinski definition) is 1. The number of rotatable bonds is 1. The van der Waals surface area contributed by atoms with E-state index in [1.165, 1.54) is 11.8 Å². The van der Waals surface area contributed by atoms with Crippen LogP contribution in [0, 0.1) is 0 Å². The maximum absolute atomic E-state index is 5.35. The number of nitrogens with one attached hydrogen (secondary N) is 1. The van der Waals surface area contributed by atoms with Crippen molar-refractivity contribution in [2.24, 2.45) is 5.73 Å². The van der Waals surface area contributed by atoms with Gasteiger partial charge < -0.3 is 0 Å². The van der Waals surface area contributed by atoms with Crippen LogP contribution >= 0.6 is 11.8 Å². The highest BCUT2D eigenvalue weighted by Crippen LogP contribution is 1.80. The van der Waals surface area contributed by atoms with Gasteiger partial charge in [-0.1, -0.05) is 0 Å². The highest BCUT2D eigenvalue weighted by Gasteiger charge is 1.87. The van der Waals surface area contributed by atoms with Gasteiger partial charge in [0.05, 0.1) is 6.54 Å². The largest absolute Gasteiger partial charge is 0.301 e. The Hall–Kier alpha value is -0.180. The van der Waals surface area contributed by atoms with Crippen LogP contribution in [0.25, 0.3) is 0 Å². The molecule has 3 heteroatoms. The second-order valence-electron chi connectivity index (χ2n) is 1.10. The van der Waals surface area contributed by atoms with Crippen molar-refractivity contribution in [3.63, 3.8) is 0 Å². The van der Waals surface area contributed by atoms with Crippen LogP contribution in [-0.2, 0) is 0 Å². The molecule has 0 aromatic heterocycles. The van der Waals surface area contributed by atoms with Gasteiger partial charge in [-0.3, -0.25) is 10.7 Å². The average molecular weight is 119 g/mol. The molecule has 0 heterocycles. The fraction of sp³-hybridized carbons (Fsp3) is 0.750. The smallest absolute Gasteiger partial charge is 0.282 e. The Kier molecular flexibility index (Phi) is 3.89. The molecule has 3 N–H and O–H groups in total. The molecule has 2 nitrogen and oxygen atoms in total. The van der Waals surface area contributed by atoms with Crippen LogP contribution in [0.3, 0.4) is 0 Å². The van der Waals surface area contributed by atoms with Gasteiger partial charge in [-0.15, -0.1) is 0 Å². The Balaban J connectivity index is 3.29. The summed E-state index contributed by atoms with van der Waals surface area (Å²) in [6.07, 6.45) is 1.94. The predicted molar refractivity (Wildman–Crippen MR) is 34.2 cm³/mol. The molecule has 0 saturated heterocycles. The van der Waals surface area contributed by atoms with E-state index in [2.05, 4.69) is 4.99 Å². The number of hydrogen-bond donors (Lipinski definition) is 2. The molecule has 0 aliphatic rings. The van der Waals surface area contributed by atoms with Gasteiger partial charge in [-0.2, -0.15) is 0 Å². The summed E-state index contributed by atoms with van der Waals surface area (Å²) in [6.45, 7) is 2.93. The van der Waals surface area contributed by atoms with E-state index in [1.807, 2.05) is 13.2 Å². The second kappa shape index (κ2) is 3.99. The number of amidine groups is 1. The van der Waals surface area contributed by atoms with Gasteiger partial charge in [0.25, 0.3) is 0 Å². The monoisotopic (exact) mass is 119 g/mol. The zero-order valence-corrected chi connectivity index (χ0v) is 5.51. The third-order valence-electron chi connectivity index (χ3n) is 0.571. The zero-order chi connectivity index (χ0) is 5.70. The van der Waals surface area contributed by atoms with Gasteiger partial charge >= 0.3 is 5.17 Å². The quantitative estimate of drug-likeness (QED) is 0.335. The molecular weight excluding hydrogens is 108 g/mol. The Labute approximate surface area is 48.2 Å². The van der Waals surface area contributed by atoms with Crippen LogP contribution in [-0.4, -0.2) is 18.0 Å². The predicted octanol–water partition coefficient (Wildman–Crippen LogP) is -1.24. The van der Waals surface area contributed by atoms with E-state index in [-0.39, 0.29) is 0 Å². The molecular formula is C4H11N2S+. The summed E-state index contributed by atoms with van der Waals surface area (Å²) in [7, 11) is 0. The summed E-state index contributed by atoms with van der Waals surface area (Å²) >= 11 is 1.53. The van der Waals surface area contributed by atoms with E-state index in [0.717, 1.165) is 11.7 Å². The molecule has 7 heavy (non-hydrogen) atoms. The van der Waals surface area contributed by atoms with Crippen molar-refractivity contribution in [3.05, 3.63) is 0 Å². The van der Waals surface area contributed by atoms with Crippen molar-refractivity contribution >= 4 is 16.9 Å². The molecule has 0 saturated carbocycles. The molecule has 0 bridgehead atoms. The molecule has 0 aromatic carbocycles. The molecule has 0 fully saturated rings. The van der Waals surface area contributed by atoms with Crippen molar-refractivity contribution in [1.29, 1.82) is 0 Å². The molecule has 0 aliphatic carbocycles. The van der Waals surface area contributed by atoms with Crippen LogP contribution < -0.4 is 10.7 Å².